The fourth-order valence-corrected chi connectivity index (χ4v) is 3.28. The van der Waals surface area contributed by atoms with Gasteiger partial charge in [-0.2, -0.15) is 0 Å². The van der Waals surface area contributed by atoms with Gasteiger partial charge in [0.1, 0.15) is 24.7 Å². The Balaban J connectivity index is 2.30. The van der Waals surface area contributed by atoms with Crippen LogP contribution in [-0.4, -0.2) is 13.2 Å². The molecule has 0 aromatic heterocycles. The second kappa shape index (κ2) is 9.12. The summed E-state index contributed by atoms with van der Waals surface area (Å²) in [6, 6.07) is 16.9. The van der Waals surface area contributed by atoms with Crippen LogP contribution < -0.4 is 9.47 Å². The molecule has 0 saturated heterocycles. The predicted octanol–water partition coefficient (Wildman–Crippen LogP) is 5.92. The largest absolute Gasteiger partial charge is 0.490 e. The van der Waals surface area contributed by atoms with E-state index in [1.807, 2.05) is 24.3 Å². The summed E-state index contributed by atoms with van der Waals surface area (Å²) in [6.07, 6.45) is 5.57. The van der Waals surface area contributed by atoms with Crippen molar-refractivity contribution >= 4 is 0 Å². The molecule has 0 unspecified atom stereocenters. The van der Waals surface area contributed by atoms with Gasteiger partial charge in [-0.3, -0.25) is 0 Å². The summed E-state index contributed by atoms with van der Waals surface area (Å²) in [6.45, 7) is 12.9. The van der Waals surface area contributed by atoms with E-state index >= 15 is 0 Å². The Morgan fingerprint density at radius 3 is 1.36 bits per heavy atom. The van der Waals surface area contributed by atoms with Crippen LogP contribution in [0.15, 0.2) is 73.8 Å². The Hall–Kier alpha value is -2.48. The minimum absolute atomic E-state index is 0.00602. The molecule has 2 nitrogen and oxygen atoms in total. The topological polar surface area (TPSA) is 18.5 Å². The van der Waals surface area contributed by atoms with Crippen LogP contribution in [0.2, 0.25) is 0 Å². The molecule has 0 aliphatic rings. The van der Waals surface area contributed by atoms with Crippen molar-refractivity contribution in [2.45, 2.75) is 32.1 Å². The number of benzene rings is 2. The standard InChI is InChI=1S/C23H28O2/c1-5-17-24-21-13-9-19(10-14-21)23(7-3,8-4)20-11-15-22(16-12-20)25-18-6-2/h5-6,9-16H,1-2,7-8,17-18H2,3-4H3. The molecule has 0 bridgehead atoms. The number of ether oxygens (including phenoxy) is 2. The van der Waals surface area contributed by atoms with Crippen molar-refractivity contribution in [3.63, 3.8) is 0 Å². The third-order valence-corrected chi connectivity index (χ3v) is 4.76. The maximum atomic E-state index is 5.61. The maximum Gasteiger partial charge on any atom is 0.119 e. The lowest BCUT2D eigenvalue weighted by atomic mass is 9.70. The molecule has 2 heteroatoms. The lowest BCUT2D eigenvalue weighted by molar-refractivity contribution is 0.362. The molecule has 25 heavy (non-hydrogen) atoms. The second-order valence-electron chi connectivity index (χ2n) is 6.04. The van der Waals surface area contributed by atoms with Crippen LogP contribution in [0.1, 0.15) is 37.8 Å². The summed E-state index contributed by atoms with van der Waals surface area (Å²) in [5, 5.41) is 0. The Morgan fingerprint density at radius 2 is 1.08 bits per heavy atom. The van der Waals surface area contributed by atoms with Crippen molar-refractivity contribution in [2.75, 3.05) is 13.2 Å². The molecule has 0 aliphatic carbocycles. The van der Waals surface area contributed by atoms with Crippen LogP contribution in [0, 0.1) is 0 Å². The van der Waals surface area contributed by atoms with Gasteiger partial charge in [-0.25, -0.2) is 0 Å². The lowest BCUT2D eigenvalue weighted by Crippen LogP contribution is -2.26. The van der Waals surface area contributed by atoms with Crippen LogP contribution in [0.4, 0.5) is 0 Å². The van der Waals surface area contributed by atoms with E-state index in [2.05, 4.69) is 51.3 Å². The van der Waals surface area contributed by atoms with E-state index in [1.165, 1.54) is 11.1 Å². The molecule has 0 amide bonds. The molecule has 132 valence electrons. The van der Waals surface area contributed by atoms with Gasteiger partial charge in [-0.1, -0.05) is 63.4 Å². The quantitative estimate of drug-likeness (QED) is 0.501. The van der Waals surface area contributed by atoms with Crippen molar-refractivity contribution in [1.82, 2.24) is 0 Å². The van der Waals surface area contributed by atoms with Crippen molar-refractivity contribution in [3.8, 4) is 11.5 Å². The fraction of sp³-hybridized carbons (Fsp3) is 0.304. The van der Waals surface area contributed by atoms with Crippen molar-refractivity contribution in [2.24, 2.45) is 0 Å². The van der Waals surface area contributed by atoms with Gasteiger partial charge in [0.2, 0.25) is 0 Å². The fourth-order valence-electron chi connectivity index (χ4n) is 3.28. The van der Waals surface area contributed by atoms with Gasteiger partial charge < -0.3 is 9.47 Å². The summed E-state index contributed by atoms with van der Waals surface area (Å²) in [5.41, 5.74) is 2.61. The van der Waals surface area contributed by atoms with E-state index in [-0.39, 0.29) is 5.41 Å². The molecule has 0 radical (unpaired) electrons. The van der Waals surface area contributed by atoms with Gasteiger partial charge in [-0.05, 0) is 48.2 Å². The summed E-state index contributed by atoms with van der Waals surface area (Å²) in [7, 11) is 0. The minimum atomic E-state index is -0.00602. The molecule has 0 saturated carbocycles. The first-order valence-electron chi connectivity index (χ1n) is 8.88. The number of hydrogen-bond donors (Lipinski definition) is 0. The molecule has 0 N–H and O–H groups in total. The summed E-state index contributed by atoms with van der Waals surface area (Å²) in [4.78, 5) is 0. The third-order valence-electron chi connectivity index (χ3n) is 4.76. The first-order chi connectivity index (χ1) is 12.2. The third kappa shape index (κ3) is 4.33. The van der Waals surface area contributed by atoms with E-state index in [4.69, 9.17) is 9.47 Å². The average Bonchev–Trinajstić information content (AvgIpc) is 2.68. The molecular weight excluding hydrogens is 308 g/mol. The van der Waals surface area contributed by atoms with Crippen molar-refractivity contribution < 1.29 is 9.47 Å². The van der Waals surface area contributed by atoms with E-state index in [9.17, 15) is 0 Å². The Bertz CT molecular complexity index is 607. The van der Waals surface area contributed by atoms with Crippen molar-refractivity contribution in [3.05, 3.63) is 85.0 Å². The first kappa shape index (κ1) is 18.9. The normalized spacial score (nSPS) is 11.0. The van der Waals surface area contributed by atoms with Gasteiger partial charge >= 0.3 is 0 Å². The van der Waals surface area contributed by atoms with Gasteiger partial charge in [0.15, 0.2) is 0 Å². The zero-order valence-corrected chi connectivity index (χ0v) is 15.3. The average molecular weight is 336 g/mol. The predicted molar refractivity (Wildman–Crippen MR) is 106 cm³/mol. The molecule has 0 aliphatic heterocycles. The Kier molecular flexibility index (Phi) is 6.88. The van der Waals surface area contributed by atoms with Crippen LogP contribution >= 0.6 is 0 Å². The summed E-state index contributed by atoms with van der Waals surface area (Å²) < 4.78 is 11.2. The summed E-state index contributed by atoms with van der Waals surface area (Å²) in [5.74, 6) is 1.75. The zero-order chi connectivity index (χ0) is 18.1. The van der Waals surface area contributed by atoms with E-state index in [1.54, 1.807) is 12.2 Å². The first-order valence-corrected chi connectivity index (χ1v) is 8.88. The van der Waals surface area contributed by atoms with Gasteiger partial charge in [-0.15, -0.1) is 0 Å². The second-order valence-corrected chi connectivity index (χ2v) is 6.04. The number of rotatable bonds is 10. The van der Waals surface area contributed by atoms with Crippen LogP contribution in [-0.2, 0) is 5.41 Å². The highest BCUT2D eigenvalue weighted by molar-refractivity contribution is 5.43. The SMILES string of the molecule is C=CCOc1ccc(C(CC)(CC)c2ccc(OCC=C)cc2)cc1. The lowest BCUT2D eigenvalue weighted by Gasteiger charge is -2.33. The molecular formula is C23H28O2. The van der Waals surface area contributed by atoms with Gasteiger partial charge in [0.05, 0.1) is 0 Å². The van der Waals surface area contributed by atoms with E-state index in [0.717, 1.165) is 24.3 Å². The monoisotopic (exact) mass is 336 g/mol. The minimum Gasteiger partial charge on any atom is -0.490 e. The Labute approximate surface area is 151 Å². The van der Waals surface area contributed by atoms with Crippen LogP contribution in [0.3, 0.4) is 0 Å². The van der Waals surface area contributed by atoms with Crippen LogP contribution in [0.5, 0.6) is 11.5 Å². The van der Waals surface area contributed by atoms with Crippen molar-refractivity contribution in [1.29, 1.82) is 0 Å². The van der Waals surface area contributed by atoms with Crippen LogP contribution in [0.25, 0.3) is 0 Å². The molecule has 0 fully saturated rings. The molecule has 2 aromatic rings. The molecule has 2 aromatic carbocycles. The van der Waals surface area contributed by atoms with E-state index in [0.29, 0.717) is 13.2 Å². The molecule has 0 heterocycles. The maximum absolute atomic E-state index is 5.61. The van der Waals surface area contributed by atoms with Gasteiger partial charge in [0, 0.05) is 5.41 Å². The highest BCUT2D eigenvalue weighted by Gasteiger charge is 2.30. The summed E-state index contributed by atoms with van der Waals surface area (Å²) >= 11 is 0. The molecule has 2 rings (SSSR count). The van der Waals surface area contributed by atoms with E-state index < -0.39 is 0 Å². The Morgan fingerprint density at radius 1 is 0.720 bits per heavy atom. The highest BCUT2D eigenvalue weighted by Crippen LogP contribution is 2.39. The van der Waals surface area contributed by atoms with Gasteiger partial charge in [0.25, 0.3) is 0 Å². The number of hydrogen-bond acceptors (Lipinski definition) is 2. The smallest absolute Gasteiger partial charge is 0.119 e. The zero-order valence-electron chi connectivity index (χ0n) is 15.3. The molecule has 0 atom stereocenters. The molecule has 0 spiro atoms. The highest BCUT2D eigenvalue weighted by atomic mass is 16.5.